The number of halogens is 1. The molecule has 0 spiro atoms. The highest BCUT2D eigenvalue weighted by atomic mass is 19.1. The van der Waals surface area contributed by atoms with E-state index in [9.17, 15) is 4.39 Å². The van der Waals surface area contributed by atoms with E-state index in [0.29, 0.717) is 28.5 Å². The number of aliphatic imine (C=N–C) groups is 1. The highest BCUT2D eigenvalue weighted by Gasteiger charge is 2.27. The first kappa shape index (κ1) is 14.4. The number of nitrogens with two attached hydrogens (primary N) is 1. The summed E-state index contributed by atoms with van der Waals surface area (Å²) in [6.07, 6.45) is 3.77. The lowest BCUT2D eigenvalue weighted by Gasteiger charge is -2.03. The third-order valence-corrected chi connectivity index (χ3v) is 3.84. The summed E-state index contributed by atoms with van der Waals surface area (Å²) in [6, 6.07) is 1.93. The van der Waals surface area contributed by atoms with Gasteiger partial charge in [0.1, 0.15) is 5.69 Å². The van der Waals surface area contributed by atoms with Crippen LogP contribution in [0.25, 0.3) is 16.7 Å². The maximum Gasteiger partial charge on any atom is 0.164 e. The minimum atomic E-state index is -0.446. The Bertz CT molecular complexity index is 811. The van der Waals surface area contributed by atoms with Crippen LogP contribution in [0.5, 0.6) is 0 Å². The number of nitrogens with one attached hydrogen (secondary N) is 1. The number of hydrogen-bond donors (Lipinski definition) is 2. The van der Waals surface area contributed by atoms with Crippen molar-refractivity contribution < 1.29 is 4.39 Å². The van der Waals surface area contributed by atoms with Crippen LogP contribution in [0, 0.1) is 12.8 Å². The van der Waals surface area contributed by atoms with Gasteiger partial charge in [0.2, 0.25) is 0 Å². The molecular weight excluding hydrogens is 281 g/mol. The number of amidine groups is 1. The van der Waals surface area contributed by atoms with E-state index in [0.717, 1.165) is 23.8 Å². The molecule has 0 unspecified atom stereocenters. The minimum absolute atomic E-state index is 0.147. The molecular formula is C16H18FN5. The number of fused-ring (bicyclic) bond motifs is 1. The number of hydrogen-bond acceptors (Lipinski definition) is 3. The molecule has 5 nitrogen and oxygen atoms in total. The van der Waals surface area contributed by atoms with Crippen molar-refractivity contribution in [1.29, 1.82) is 0 Å². The molecule has 0 saturated heterocycles. The fourth-order valence-electron chi connectivity index (χ4n) is 2.37. The molecule has 0 aromatic carbocycles. The van der Waals surface area contributed by atoms with Gasteiger partial charge in [-0.05, 0) is 49.8 Å². The van der Waals surface area contributed by atoms with Gasteiger partial charge in [-0.3, -0.25) is 5.10 Å². The first-order valence-corrected chi connectivity index (χ1v) is 7.18. The van der Waals surface area contributed by atoms with Crippen molar-refractivity contribution in [3.8, 4) is 0 Å². The van der Waals surface area contributed by atoms with Crippen molar-refractivity contribution >= 4 is 22.6 Å². The quantitative estimate of drug-likeness (QED) is 0.671. The van der Waals surface area contributed by atoms with E-state index in [-0.39, 0.29) is 5.84 Å². The summed E-state index contributed by atoms with van der Waals surface area (Å²) in [6.45, 7) is 7.55. The Morgan fingerprint density at radius 1 is 1.50 bits per heavy atom. The third kappa shape index (κ3) is 2.64. The summed E-state index contributed by atoms with van der Waals surface area (Å²) in [5, 5.41) is 7.76. The molecule has 3 rings (SSSR count). The summed E-state index contributed by atoms with van der Waals surface area (Å²) in [7, 11) is 0. The van der Waals surface area contributed by atoms with Gasteiger partial charge in [0.05, 0.1) is 5.70 Å². The molecule has 114 valence electrons. The van der Waals surface area contributed by atoms with Crippen LogP contribution in [0.4, 0.5) is 4.39 Å². The minimum Gasteiger partial charge on any atom is -0.381 e. The molecule has 22 heavy (non-hydrogen) atoms. The molecule has 1 aliphatic carbocycles. The number of H-pyrrole nitrogens is 1. The van der Waals surface area contributed by atoms with Gasteiger partial charge in [-0.25, -0.2) is 14.4 Å². The maximum atomic E-state index is 14.2. The number of aromatic amines is 1. The van der Waals surface area contributed by atoms with Crippen LogP contribution in [0.1, 0.15) is 31.0 Å². The first-order valence-electron chi connectivity index (χ1n) is 7.18. The molecule has 1 fully saturated rings. The van der Waals surface area contributed by atoms with E-state index in [1.165, 1.54) is 0 Å². The molecule has 1 aliphatic rings. The Hall–Kier alpha value is -2.50. The molecule has 2 heterocycles. The van der Waals surface area contributed by atoms with Crippen LogP contribution in [0.15, 0.2) is 35.2 Å². The second-order valence-corrected chi connectivity index (χ2v) is 5.70. The lowest BCUT2D eigenvalue weighted by Crippen LogP contribution is -2.14. The number of allylic oxidation sites excluding steroid dienone is 1. The zero-order chi connectivity index (χ0) is 15.9. The predicted octanol–water partition coefficient (Wildman–Crippen LogP) is 3.25. The van der Waals surface area contributed by atoms with Crippen molar-refractivity contribution in [2.24, 2.45) is 16.6 Å². The summed E-state index contributed by atoms with van der Waals surface area (Å²) in [5.41, 5.74) is 8.92. The Balaban J connectivity index is 1.94. The van der Waals surface area contributed by atoms with Crippen LogP contribution in [0.2, 0.25) is 0 Å². The van der Waals surface area contributed by atoms with E-state index < -0.39 is 5.83 Å². The first-order chi connectivity index (χ1) is 10.5. The van der Waals surface area contributed by atoms with Crippen LogP contribution < -0.4 is 5.73 Å². The van der Waals surface area contributed by atoms with Crippen LogP contribution in [-0.2, 0) is 0 Å². The lowest BCUT2D eigenvalue weighted by atomic mass is 10.1. The van der Waals surface area contributed by atoms with Gasteiger partial charge in [-0.1, -0.05) is 6.58 Å². The normalized spacial score (nSPS) is 16.8. The zero-order valence-electron chi connectivity index (χ0n) is 12.7. The molecule has 2 aromatic rings. The van der Waals surface area contributed by atoms with Crippen LogP contribution in [-0.4, -0.2) is 21.0 Å². The molecule has 1 saturated carbocycles. The topological polar surface area (TPSA) is 80.0 Å². The largest absolute Gasteiger partial charge is 0.381 e. The van der Waals surface area contributed by atoms with Crippen LogP contribution in [0.3, 0.4) is 0 Å². The fraction of sp³-hybridized carbons (Fsp3) is 0.312. The maximum absolute atomic E-state index is 14.2. The van der Waals surface area contributed by atoms with E-state index in [2.05, 4.69) is 26.8 Å². The van der Waals surface area contributed by atoms with Gasteiger partial charge in [0.25, 0.3) is 0 Å². The molecule has 6 heteroatoms. The average Bonchev–Trinajstić information content (AvgIpc) is 3.25. The number of aromatic nitrogens is 3. The van der Waals surface area contributed by atoms with Gasteiger partial charge in [-0.15, -0.1) is 0 Å². The van der Waals surface area contributed by atoms with Crippen molar-refractivity contribution in [3.05, 3.63) is 41.5 Å². The number of nitrogens with zero attached hydrogens (tertiary/aromatic N) is 3. The molecule has 0 atom stereocenters. The van der Waals surface area contributed by atoms with Gasteiger partial charge in [-0.2, -0.15) is 5.10 Å². The van der Waals surface area contributed by atoms with E-state index in [4.69, 9.17) is 5.73 Å². The summed E-state index contributed by atoms with van der Waals surface area (Å²) >= 11 is 0. The number of pyridine rings is 1. The predicted molar refractivity (Wildman–Crippen MR) is 85.8 cm³/mol. The summed E-state index contributed by atoms with van der Waals surface area (Å²) in [4.78, 5) is 8.32. The van der Waals surface area contributed by atoms with Crippen molar-refractivity contribution in [1.82, 2.24) is 15.2 Å². The number of rotatable bonds is 4. The van der Waals surface area contributed by atoms with Gasteiger partial charge >= 0.3 is 0 Å². The monoisotopic (exact) mass is 299 g/mol. The Labute approximate surface area is 127 Å². The molecule has 0 amide bonds. The standard InChI is InChI=1S/C16H18FN5/c1-8-6-12-14(21-22-16(12)19-7-8)10(3)20-15(18)13(17)9(2)11-4-5-11/h6-7,11H,3-5H2,1-2H3,(H2,18,20)(H,19,21,22)/b13-9-. The summed E-state index contributed by atoms with van der Waals surface area (Å²) in [5.74, 6) is -0.288. The molecule has 2 aromatic heterocycles. The lowest BCUT2D eigenvalue weighted by molar-refractivity contribution is 0.655. The zero-order valence-corrected chi connectivity index (χ0v) is 12.7. The highest BCUT2D eigenvalue weighted by Crippen LogP contribution is 2.38. The SMILES string of the molecule is C=C(/N=C(N)\C(F)=C(/C)C1CC1)c1n[nH]c2ncc(C)cc12. The molecule has 0 bridgehead atoms. The van der Waals surface area contributed by atoms with Crippen molar-refractivity contribution in [2.75, 3.05) is 0 Å². The average molecular weight is 299 g/mol. The van der Waals surface area contributed by atoms with E-state index in [1.54, 1.807) is 13.1 Å². The van der Waals surface area contributed by atoms with Crippen LogP contribution >= 0.6 is 0 Å². The number of aryl methyl sites for hydroxylation is 1. The second-order valence-electron chi connectivity index (χ2n) is 5.70. The van der Waals surface area contributed by atoms with Gasteiger partial charge in [0, 0.05) is 11.6 Å². The molecule has 0 aliphatic heterocycles. The second kappa shape index (κ2) is 5.36. The third-order valence-electron chi connectivity index (χ3n) is 3.84. The smallest absolute Gasteiger partial charge is 0.164 e. The van der Waals surface area contributed by atoms with Gasteiger partial charge < -0.3 is 5.73 Å². The van der Waals surface area contributed by atoms with E-state index in [1.807, 2.05) is 13.0 Å². The van der Waals surface area contributed by atoms with Crippen molar-refractivity contribution in [3.63, 3.8) is 0 Å². The Kier molecular flexibility index (Phi) is 3.52. The highest BCUT2D eigenvalue weighted by molar-refractivity contribution is 6.00. The Morgan fingerprint density at radius 3 is 2.91 bits per heavy atom. The van der Waals surface area contributed by atoms with Crippen molar-refractivity contribution in [2.45, 2.75) is 26.7 Å². The van der Waals surface area contributed by atoms with E-state index >= 15 is 0 Å². The summed E-state index contributed by atoms with van der Waals surface area (Å²) < 4.78 is 14.2. The molecule has 3 N–H and O–H groups in total. The molecule has 0 radical (unpaired) electrons. The fourth-order valence-corrected chi connectivity index (χ4v) is 2.37. The van der Waals surface area contributed by atoms with Gasteiger partial charge in [0.15, 0.2) is 17.3 Å². The Morgan fingerprint density at radius 2 is 2.23 bits per heavy atom.